The first-order valence-corrected chi connectivity index (χ1v) is 37.2. The number of nitrogens with one attached hydrogen (secondary N) is 3. The molecule has 3 aromatic heterocycles. The molecule has 6 atom stereocenters. The van der Waals surface area contributed by atoms with Crippen molar-refractivity contribution in [2.24, 2.45) is 10.2 Å². The smallest absolute Gasteiger partial charge is 0.490 e. The second kappa shape index (κ2) is 34.7. The third-order valence-corrected chi connectivity index (χ3v) is 21.0. The molecule has 0 aliphatic carbocycles. The molecule has 6 unspecified atom stereocenters. The number of ether oxygens (including phenoxy) is 5. The van der Waals surface area contributed by atoms with Crippen LogP contribution >= 0.6 is 34.8 Å². The Morgan fingerprint density at radius 3 is 2.47 bits per heavy atom. The number of hydrogen-bond acceptors (Lipinski definition) is 24. The maximum Gasteiger partial charge on any atom is 0.490 e. The standard InChI is InChI=1S/C63H69N14O22P3S/c1-75(62(82)43-16-3-2-15-42(43)56-45-30-38-13-8-25-76-26-9-17-44(58(38)76)59(45)97-63(83)57(56)61-71-47-18-4-5-19-50(47)103-61)24-10-20-51(78)68-22-23-69-60(81)39-11-6-14-41(29-39)93-36-53(72-74-66)92-28-27-91-35-52(79)67-21-7-12-40-33-77(54(80)31-46(40)64)55-32-48(94-37-70-73-65)49(96-55)34-95-101(87,88)99-102(89,90)98-100(84,85)86/h2-6,11,14-16,18-19,29-31,33,48-49,53,55H,8-10,13,17,20-28,32,34-37,64H2,1H3,(H,67,79)(H,68,78)(H,69,81)(H,87,88)(H,89,90)(H2,84,85,86). The zero-order valence-corrected chi connectivity index (χ0v) is 58.3. The number of fused-ring (bicyclic) bond motifs is 3. The molecule has 0 bridgehead atoms. The molecule has 3 aliphatic heterocycles. The van der Waals surface area contributed by atoms with E-state index in [2.05, 4.69) is 72.0 Å². The number of thiazole rings is 1. The molecule has 7 aromatic rings. The lowest BCUT2D eigenvalue weighted by molar-refractivity contribution is -0.126. The van der Waals surface area contributed by atoms with E-state index >= 15 is 0 Å². The Bertz CT molecular complexity index is 4760. The first-order chi connectivity index (χ1) is 49.4. The minimum absolute atomic E-state index is 0.0713. The largest absolute Gasteiger partial charge is 0.491 e. The summed E-state index contributed by atoms with van der Waals surface area (Å²) in [5, 5.41) is 16.1. The van der Waals surface area contributed by atoms with E-state index in [1.165, 1.54) is 29.2 Å². The molecule has 103 heavy (non-hydrogen) atoms. The fraction of sp³-hybridized carbons (Fsp3) is 0.381. The van der Waals surface area contributed by atoms with E-state index in [-0.39, 0.29) is 93.2 Å². The number of azide groups is 2. The van der Waals surface area contributed by atoms with Gasteiger partial charge in [0.2, 0.25) is 11.8 Å². The number of carbonyl (C=O) groups excluding carboxylic acids is 4. The van der Waals surface area contributed by atoms with Crippen LogP contribution in [-0.2, 0) is 68.2 Å². The van der Waals surface area contributed by atoms with Gasteiger partial charge in [0.05, 0.1) is 53.9 Å². The lowest BCUT2D eigenvalue weighted by Crippen LogP contribution is -2.35. The molecule has 0 radical (unpaired) electrons. The molecule has 9 N–H and O–H groups in total. The Kier molecular flexibility index (Phi) is 25.7. The summed E-state index contributed by atoms with van der Waals surface area (Å²) in [6.07, 6.45) is 0.102. The summed E-state index contributed by atoms with van der Waals surface area (Å²) in [6.45, 7) is -0.470. The highest BCUT2D eigenvalue weighted by molar-refractivity contribution is 7.66. The van der Waals surface area contributed by atoms with Crippen molar-refractivity contribution in [3.63, 3.8) is 0 Å². The van der Waals surface area contributed by atoms with Gasteiger partial charge in [0.25, 0.3) is 17.4 Å². The van der Waals surface area contributed by atoms with Crippen molar-refractivity contribution in [1.29, 1.82) is 0 Å². The van der Waals surface area contributed by atoms with Crippen molar-refractivity contribution in [2.75, 3.05) is 96.7 Å². The minimum Gasteiger partial charge on any atom is -0.491 e. The number of nitrogens with two attached hydrogens (primary N) is 1. The van der Waals surface area contributed by atoms with E-state index in [0.717, 1.165) is 76.3 Å². The predicted octanol–water partition coefficient (Wildman–Crippen LogP) is 7.08. The first-order valence-electron chi connectivity index (χ1n) is 31.8. The second-order valence-electron chi connectivity index (χ2n) is 23.2. The maximum absolute atomic E-state index is 14.6. The van der Waals surface area contributed by atoms with Gasteiger partial charge in [0.15, 0.2) is 6.23 Å². The fourth-order valence-corrected chi connectivity index (χ4v) is 15.8. The van der Waals surface area contributed by atoms with Gasteiger partial charge in [-0.1, -0.05) is 58.5 Å². The number of rotatable bonds is 33. The Hall–Kier alpha value is -9.36. The SMILES string of the molecule is CN(CCCC(=O)NCCNC(=O)c1cccc(OCC(N=[N+]=[N-])OCCOCC(=O)NCC#Cc2cn(C3CC(OCN=[N+]=[N-])C(COP(=O)(O)OP(=O)(O)OP(=O)(O)O)O3)c(=O)cc2N)c1)C(=O)c1ccccc1-c1c(-c2nc3ccccc3s2)c(=O)oc2c3c4c(cc12)CCCN4CCC3. The number of hydrogen-bond donors (Lipinski definition) is 8. The molecule has 4 amide bonds. The number of nitrogens with zero attached hydrogens (tertiary/aromatic N) is 10. The summed E-state index contributed by atoms with van der Waals surface area (Å²) in [7, 11) is -15.4. The van der Waals surface area contributed by atoms with Crippen LogP contribution < -0.4 is 42.5 Å². The second-order valence-corrected chi connectivity index (χ2v) is 28.7. The number of phosphoric acid groups is 3. The number of anilines is 2. The number of phosphoric ester groups is 1. The summed E-state index contributed by atoms with van der Waals surface area (Å²) < 4.78 is 83.5. The lowest BCUT2D eigenvalue weighted by atomic mass is 9.86. The van der Waals surface area contributed by atoms with E-state index in [9.17, 15) is 57.8 Å². The van der Waals surface area contributed by atoms with Gasteiger partial charge in [0.1, 0.15) is 54.2 Å². The van der Waals surface area contributed by atoms with Crippen LogP contribution in [0.5, 0.6) is 5.75 Å². The number of benzene rings is 4. The molecule has 1 fully saturated rings. The number of amides is 4. The van der Waals surface area contributed by atoms with Gasteiger partial charge in [-0.05, 0) is 96.8 Å². The number of aromatic nitrogens is 2. The van der Waals surface area contributed by atoms with Crippen LogP contribution in [0.25, 0.3) is 63.8 Å². The molecule has 40 heteroatoms. The first kappa shape index (κ1) is 76.3. The molecule has 0 saturated carbocycles. The van der Waals surface area contributed by atoms with E-state index in [1.807, 2.05) is 36.4 Å². The third-order valence-electron chi connectivity index (χ3n) is 16.2. The van der Waals surface area contributed by atoms with Crippen LogP contribution in [0, 0.1) is 11.8 Å². The highest BCUT2D eigenvalue weighted by Gasteiger charge is 2.44. The highest BCUT2D eigenvalue weighted by atomic mass is 32.1. The van der Waals surface area contributed by atoms with E-state index in [1.54, 1.807) is 42.3 Å². The van der Waals surface area contributed by atoms with Crippen LogP contribution in [0.2, 0.25) is 0 Å². The van der Waals surface area contributed by atoms with Crippen LogP contribution in [0.4, 0.5) is 11.4 Å². The summed E-state index contributed by atoms with van der Waals surface area (Å²) in [5.41, 5.74) is 29.4. The van der Waals surface area contributed by atoms with Crippen LogP contribution in [0.1, 0.15) is 75.7 Å². The van der Waals surface area contributed by atoms with Crippen molar-refractivity contribution in [2.45, 2.75) is 69.6 Å². The highest BCUT2D eigenvalue weighted by Crippen LogP contribution is 2.66. The molecular weight excluding hydrogens is 1430 g/mol. The van der Waals surface area contributed by atoms with Gasteiger partial charge >= 0.3 is 29.1 Å². The van der Waals surface area contributed by atoms with Gasteiger partial charge in [-0.25, -0.2) is 23.5 Å². The Morgan fingerprint density at radius 2 is 1.68 bits per heavy atom. The topological polar surface area (TPSA) is 505 Å². The number of nitrogen functional groups attached to an aromatic ring is 1. The normalized spacial score (nSPS) is 16.9. The quantitative estimate of drug-likeness (QED) is 0.00387. The van der Waals surface area contributed by atoms with E-state index < -0.39 is 91.1 Å². The number of para-hydroxylation sites is 1. The van der Waals surface area contributed by atoms with Crippen molar-refractivity contribution in [3.8, 4) is 39.3 Å². The number of pyridine rings is 1. The van der Waals surface area contributed by atoms with E-state index in [0.29, 0.717) is 39.3 Å². The van der Waals surface area contributed by atoms with Gasteiger partial charge in [0, 0.05) is 108 Å². The van der Waals surface area contributed by atoms with Gasteiger partial charge in [-0.15, -0.1) is 11.3 Å². The van der Waals surface area contributed by atoms with Gasteiger partial charge in [-0.2, -0.15) is 8.62 Å². The van der Waals surface area contributed by atoms with E-state index in [4.69, 9.17) is 54.1 Å². The molecule has 10 rings (SSSR count). The van der Waals surface area contributed by atoms with Crippen molar-refractivity contribution in [1.82, 2.24) is 30.4 Å². The average Bonchev–Trinajstić information content (AvgIpc) is 1.43. The summed E-state index contributed by atoms with van der Waals surface area (Å²) in [4.78, 5) is 132. The Labute approximate surface area is 589 Å². The summed E-state index contributed by atoms with van der Waals surface area (Å²) in [5.74, 6) is 3.97. The van der Waals surface area contributed by atoms with Crippen LogP contribution in [0.3, 0.4) is 0 Å². The molecule has 6 heterocycles. The summed E-state index contributed by atoms with van der Waals surface area (Å²) >= 11 is 1.39. The van der Waals surface area contributed by atoms with Crippen LogP contribution in [0.15, 0.2) is 115 Å². The molecule has 544 valence electrons. The van der Waals surface area contributed by atoms with Crippen molar-refractivity contribution in [3.05, 3.63) is 161 Å². The Morgan fingerprint density at radius 1 is 0.903 bits per heavy atom. The lowest BCUT2D eigenvalue weighted by Gasteiger charge is -2.37. The van der Waals surface area contributed by atoms with Gasteiger partial charge < -0.3 is 79.2 Å². The molecule has 3 aliphatic rings. The minimum atomic E-state index is -5.85. The number of aryl methyl sites for hydroxylation is 2. The zero-order valence-electron chi connectivity index (χ0n) is 54.8. The zero-order chi connectivity index (χ0) is 73.4. The van der Waals surface area contributed by atoms with Crippen LogP contribution in [-0.4, -0.2) is 162 Å². The number of carbonyl (C=O) groups is 4. The molecular formula is C63H69N14O22P3S. The van der Waals surface area contributed by atoms with Gasteiger partial charge in [-0.3, -0.25) is 33.1 Å². The molecule has 36 nitrogen and oxygen atoms in total. The Balaban J connectivity index is 0.636. The third kappa shape index (κ3) is 20.3. The monoisotopic (exact) mass is 1500 g/mol. The van der Waals surface area contributed by atoms with Crippen molar-refractivity contribution < 1.29 is 93.7 Å². The maximum atomic E-state index is 14.6. The summed E-state index contributed by atoms with van der Waals surface area (Å²) in [6, 6.07) is 24.2. The molecule has 1 saturated heterocycles. The average molecular weight is 1500 g/mol. The fourth-order valence-electron chi connectivity index (χ4n) is 11.7. The molecule has 4 aromatic carbocycles. The predicted molar refractivity (Wildman–Crippen MR) is 371 cm³/mol. The van der Waals surface area contributed by atoms with Crippen molar-refractivity contribution >= 4 is 91.0 Å². The molecule has 0 spiro atoms.